The fourth-order valence-electron chi connectivity index (χ4n) is 3.64. The third kappa shape index (κ3) is 5.26. The lowest BCUT2D eigenvalue weighted by molar-refractivity contribution is -0.137. The van der Waals surface area contributed by atoms with E-state index in [9.17, 15) is 18.0 Å². The number of benzene rings is 2. The van der Waals surface area contributed by atoms with E-state index in [1.807, 2.05) is 0 Å². The number of methoxy groups -OCH3 is 3. The van der Waals surface area contributed by atoms with Crippen LogP contribution in [0.2, 0.25) is 0 Å². The molecule has 7 nitrogen and oxygen atoms in total. The molecule has 4 rings (SSSR count). The number of anilines is 1. The molecule has 35 heavy (non-hydrogen) atoms. The lowest BCUT2D eigenvalue weighted by Crippen LogP contribution is -2.36. The summed E-state index contributed by atoms with van der Waals surface area (Å²) in [6, 6.07) is 9.95. The number of halogens is 3. The molecule has 0 unspecified atom stereocenters. The van der Waals surface area contributed by atoms with Crippen LogP contribution in [0.1, 0.15) is 20.9 Å². The van der Waals surface area contributed by atoms with E-state index in [-0.39, 0.29) is 12.5 Å². The second-order valence-corrected chi connectivity index (χ2v) is 8.62. The SMILES string of the molecule is COc1cc(N2CCc3nc(-c4ccc(C(F)(F)F)cc4)sc3C2=O)ccc1OCC(OC)OC. The van der Waals surface area contributed by atoms with Crippen molar-refractivity contribution in [1.29, 1.82) is 0 Å². The van der Waals surface area contributed by atoms with E-state index < -0.39 is 18.0 Å². The fourth-order valence-corrected chi connectivity index (χ4v) is 4.70. The summed E-state index contributed by atoms with van der Waals surface area (Å²) in [6.07, 6.45) is -4.43. The summed E-state index contributed by atoms with van der Waals surface area (Å²) in [6.45, 7) is 0.559. The van der Waals surface area contributed by atoms with Crippen LogP contribution >= 0.6 is 11.3 Å². The molecule has 0 atom stereocenters. The topological polar surface area (TPSA) is 70.1 Å². The molecule has 11 heteroatoms. The number of ether oxygens (including phenoxy) is 4. The predicted molar refractivity (Wildman–Crippen MR) is 124 cm³/mol. The summed E-state index contributed by atoms with van der Waals surface area (Å²) in [5, 5.41) is 0.506. The Morgan fingerprint density at radius 2 is 1.77 bits per heavy atom. The molecule has 1 aliphatic rings. The summed E-state index contributed by atoms with van der Waals surface area (Å²) in [5.74, 6) is 0.696. The number of rotatable bonds is 8. The molecular weight excluding hydrogens is 485 g/mol. The Hall–Kier alpha value is -3.15. The molecule has 1 aromatic heterocycles. The molecule has 3 aromatic rings. The van der Waals surface area contributed by atoms with Crippen molar-refractivity contribution in [3.8, 4) is 22.1 Å². The molecule has 1 amide bonds. The number of carbonyl (C=O) groups excluding carboxylic acids is 1. The molecule has 186 valence electrons. The van der Waals surface area contributed by atoms with Crippen LogP contribution in [0.3, 0.4) is 0 Å². The quantitative estimate of drug-likeness (QED) is 0.397. The average Bonchev–Trinajstić information content (AvgIpc) is 3.30. The van der Waals surface area contributed by atoms with Crippen LogP contribution in [0, 0.1) is 0 Å². The van der Waals surface area contributed by atoms with Crippen LogP contribution in [0.15, 0.2) is 42.5 Å². The first kappa shape index (κ1) is 25.0. The van der Waals surface area contributed by atoms with Crippen LogP contribution in [-0.2, 0) is 22.1 Å². The van der Waals surface area contributed by atoms with Gasteiger partial charge in [-0.2, -0.15) is 13.2 Å². The van der Waals surface area contributed by atoms with Gasteiger partial charge in [-0.05, 0) is 24.3 Å². The Bertz CT molecular complexity index is 1190. The molecule has 1 aliphatic heterocycles. The zero-order valence-electron chi connectivity index (χ0n) is 19.2. The molecule has 2 aromatic carbocycles. The van der Waals surface area contributed by atoms with Crippen molar-refractivity contribution in [3.63, 3.8) is 0 Å². The number of fused-ring (bicyclic) bond motifs is 1. The summed E-state index contributed by atoms with van der Waals surface area (Å²) in [5.41, 5.74) is 1.07. The van der Waals surface area contributed by atoms with Gasteiger partial charge in [0.05, 0.1) is 18.4 Å². The zero-order valence-corrected chi connectivity index (χ0v) is 20.0. The minimum absolute atomic E-state index is 0.155. The Labute approximate surface area is 204 Å². The van der Waals surface area contributed by atoms with Crippen LogP contribution in [0.25, 0.3) is 10.6 Å². The number of carbonyl (C=O) groups is 1. The highest BCUT2D eigenvalue weighted by Gasteiger charge is 2.32. The van der Waals surface area contributed by atoms with Gasteiger partial charge < -0.3 is 23.8 Å². The fraction of sp³-hybridized carbons (Fsp3) is 0.333. The molecule has 0 saturated carbocycles. The van der Waals surface area contributed by atoms with Gasteiger partial charge in [-0.3, -0.25) is 4.79 Å². The normalized spacial score (nSPS) is 13.8. The third-order valence-electron chi connectivity index (χ3n) is 5.53. The van der Waals surface area contributed by atoms with Gasteiger partial charge in [0.25, 0.3) is 5.91 Å². The molecular formula is C24H23F3N2O5S. The monoisotopic (exact) mass is 508 g/mol. The first-order chi connectivity index (χ1) is 16.7. The Morgan fingerprint density at radius 1 is 1.06 bits per heavy atom. The second kappa shape index (κ2) is 10.2. The molecule has 0 aliphatic carbocycles. The number of hydrogen-bond donors (Lipinski definition) is 0. The molecule has 0 N–H and O–H groups in total. The first-order valence-corrected chi connectivity index (χ1v) is 11.4. The zero-order chi connectivity index (χ0) is 25.2. The molecule has 0 saturated heterocycles. The van der Waals surface area contributed by atoms with Crippen molar-refractivity contribution in [1.82, 2.24) is 4.98 Å². The maximum atomic E-state index is 13.3. The van der Waals surface area contributed by atoms with E-state index in [4.69, 9.17) is 18.9 Å². The van der Waals surface area contributed by atoms with Gasteiger partial charge in [-0.15, -0.1) is 11.3 Å². The number of amides is 1. The highest BCUT2D eigenvalue weighted by atomic mass is 32.1. The number of aromatic nitrogens is 1. The van der Waals surface area contributed by atoms with Gasteiger partial charge in [0.15, 0.2) is 17.8 Å². The van der Waals surface area contributed by atoms with Crippen molar-refractivity contribution in [3.05, 3.63) is 58.6 Å². The minimum Gasteiger partial charge on any atom is -0.493 e. The molecule has 0 bridgehead atoms. The van der Waals surface area contributed by atoms with Gasteiger partial charge in [-0.1, -0.05) is 12.1 Å². The Kier molecular flexibility index (Phi) is 7.29. The largest absolute Gasteiger partial charge is 0.493 e. The van der Waals surface area contributed by atoms with Gasteiger partial charge in [-0.25, -0.2) is 4.98 Å². The molecule has 0 spiro atoms. The number of nitrogens with zero attached hydrogens (tertiary/aromatic N) is 2. The van der Waals surface area contributed by atoms with Gasteiger partial charge >= 0.3 is 6.18 Å². The highest BCUT2D eigenvalue weighted by molar-refractivity contribution is 7.17. The molecule has 0 radical (unpaired) electrons. The summed E-state index contributed by atoms with van der Waals surface area (Å²) >= 11 is 1.17. The third-order valence-corrected chi connectivity index (χ3v) is 6.66. The Balaban J connectivity index is 1.54. The smallest absolute Gasteiger partial charge is 0.416 e. The van der Waals surface area contributed by atoms with Crippen LogP contribution in [0.4, 0.5) is 18.9 Å². The number of thiazole rings is 1. The van der Waals surface area contributed by atoms with E-state index in [0.29, 0.717) is 51.3 Å². The lowest BCUT2D eigenvalue weighted by atomic mass is 10.1. The van der Waals surface area contributed by atoms with E-state index in [1.165, 1.54) is 44.8 Å². The van der Waals surface area contributed by atoms with E-state index >= 15 is 0 Å². The molecule has 0 fully saturated rings. The minimum atomic E-state index is -4.41. The summed E-state index contributed by atoms with van der Waals surface area (Å²) in [4.78, 5) is 19.9. The van der Waals surface area contributed by atoms with E-state index in [2.05, 4.69) is 4.98 Å². The van der Waals surface area contributed by atoms with Crippen LogP contribution < -0.4 is 14.4 Å². The van der Waals surface area contributed by atoms with Crippen molar-refractivity contribution in [2.45, 2.75) is 18.9 Å². The van der Waals surface area contributed by atoms with Gasteiger partial charge in [0, 0.05) is 44.5 Å². The van der Waals surface area contributed by atoms with Crippen molar-refractivity contribution in [2.24, 2.45) is 0 Å². The average molecular weight is 509 g/mol. The Morgan fingerprint density at radius 3 is 2.40 bits per heavy atom. The van der Waals surface area contributed by atoms with Gasteiger partial charge in [0.1, 0.15) is 16.5 Å². The lowest BCUT2D eigenvalue weighted by Gasteiger charge is -2.26. The van der Waals surface area contributed by atoms with Crippen molar-refractivity contribution < 1.29 is 36.9 Å². The van der Waals surface area contributed by atoms with Crippen molar-refractivity contribution >= 4 is 22.9 Å². The van der Waals surface area contributed by atoms with Gasteiger partial charge in [0.2, 0.25) is 0 Å². The molecule has 2 heterocycles. The maximum absolute atomic E-state index is 13.3. The predicted octanol–water partition coefficient (Wildman–Crippen LogP) is 5.04. The van der Waals surface area contributed by atoms with Crippen LogP contribution in [0.5, 0.6) is 11.5 Å². The van der Waals surface area contributed by atoms with Crippen LogP contribution in [-0.4, -0.2) is 51.7 Å². The van der Waals surface area contributed by atoms with E-state index in [1.54, 1.807) is 23.1 Å². The van der Waals surface area contributed by atoms with Crippen molar-refractivity contribution in [2.75, 3.05) is 39.4 Å². The number of hydrogen-bond acceptors (Lipinski definition) is 7. The van der Waals surface area contributed by atoms with E-state index in [0.717, 1.165) is 12.1 Å². The highest BCUT2D eigenvalue weighted by Crippen LogP contribution is 2.37. The maximum Gasteiger partial charge on any atom is 0.416 e. The standard InChI is InChI=1S/C24H23F3N2O5S/c1-31-19-12-16(8-9-18(19)34-13-20(32-2)33-3)29-11-10-17-21(23(29)30)35-22(28-17)14-4-6-15(7-5-14)24(25,26)27/h4-9,12,20H,10-11,13H2,1-3H3. The number of alkyl halides is 3. The second-order valence-electron chi connectivity index (χ2n) is 7.62. The summed E-state index contributed by atoms with van der Waals surface area (Å²) < 4.78 is 60.0. The summed E-state index contributed by atoms with van der Waals surface area (Å²) in [7, 11) is 4.53. The first-order valence-electron chi connectivity index (χ1n) is 10.6.